The molecule has 2 bridgehead atoms. The lowest BCUT2D eigenvalue weighted by Gasteiger charge is -2.71. The Morgan fingerprint density at radius 2 is 1.79 bits per heavy atom. The summed E-state index contributed by atoms with van der Waals surface area (Å²) in [6.45, 7) is 24.0. The van der Waals surface area contributed by atoms with Crippen LogP contribution in [0.4, 0.5) is 0 Å². The van der Waals surface area contributed by atoms with E-state index in [1.165, 1.54) is 11.9 Å². The SMILES string of the molecule is CC(C)[C@@H](C)[C@@]1(C)CC[C@]2(C)[C@H]3CC[C@@H]4[C@@]5(C)COC[C@@]4(C3=CC[C@@]2(C)[C@@H]1C(=O)O)[C@@H](OC[C@](C)(N)C(C)C)[C@H](n1ncnc1C(=O)NC1CCC1)C5. The van der Waals surface area contributed by atoms with Crippen LogP contribution in [0.1, 0.15) is 144 Å². The predicted molar refractivity (Wildman–Crippen MR) is 205 cm³/mol. The second-order valence-corrected chi connectivity index (χ2v) is 20.7. The maximum absolute atomic E-state index is 13.8. The number of carboxylic acid groups (broad SMARTS) is 1. The van der Waals surface area contributed by atoms with Crippen molar-refractivity contribution in [2.75, 3.05) is 19.8 Å². The molecule has 53 heavy (non-hydrogen) atoms. The highest BCUT2D eigenvalue weighted by atomic mass is 16.5. The molecule has 4 N–H and O–H groups in total. The van der Waals surface area contributed by atoms with Crippen LogP contribution in [0.3, 0.4) is 0 Å². The lowest BCUT2D eigenvalue weighted by molar-refractivity contribution is -0.254. The molecular formula is C43H69N5O5. The number of amides is 1. The van der Waals surface area contributed by atoms with E-state index in [-0.39, 0.29) is 58.1 Å². The number of aromatic nitrogens is 3. The van der Waals surface area contributed by atoms with E-state index < -0.39 is 28.3 Å². The number of carboxylic acids is 1. The molecular weight excluding hydrogens is 667 g/mol. The summed E-state index contributed by atoms with van der Waals surface area (Å²) in [6.07, 6.45) is 12.1. The molecule has 1 aromatic heterocycles. The summed E-state index contributed by atoms with van der Waals surface area (Å²) in [5.74, 6) is 0.380. The van der Waals surface area contributed by atoms with E-state index in [1.807, 2.05) is 4.68 Å². The van der Waals surface area contributed by atoms with E-state index in [9.17, 15) is 14.7 Å². The van der Waals surface area contributed by atoms with Crippen LogP contribution in [0.2, 0.25) is 0 Å². The fraction of sp³-hybridized carbons (Fsp3) is 0.860. The number of nitrogens with two attached hydrogens (primary N) is 1. The van der Waals surface area contributed by atoms with Gasteiger partial charge in [0, 0.05) is 17.0 Å². The Morgan fingerprint density at radius 3 is 2.42 bits per heavy atom. The average Bonchev–Trinajstić information content (AvgIpc) is 3.55. The van der Waals surface area contributed by atoms with Crippen molar-refractivity contribution in [2.45, 2.75) is 151 Å². The Kier molecular flexibility index (Phi) is 9.66. The van der Waals surface area contributed by atoms with Crippen LogP contribution < -0.4 is 11.1 Å². The van der Waals surface area contributed by atoms with Crippen molar-refractivity contribution >= 4 is 11.9 Å². The van der Waals surface area contributed by atoms with Crippen molar-refractivity contribution in [2.24, 2.45) is 68.3 Å². The lowest BCUT2D eigenvalue weighted by atomic mass is 9.34. The molecule has 296 valence electrons. The number of ether oxygens (including phenoxy) is 2. The molecule has 10 heteroatoms. The molecule has 0 unspecified atom stereocenters. The minimum Gasteiger partial charge on any atom is -0.481 e. The first-order valence-electron chi connectivity index (χ1n) is 20.9. The normalized spacial score (nSPS) is 42.7. The molecule has 10 nitrogen and oxygen atoms in total. The largest absolute Gasteiger partial charge is 0.481 e. The predicted octanol–water partition coefficient (Wildman–Crippen LogP) is 7.45. The zero-order valence-electron chi connectivity index (χ0n) is 34.3. The monoisotopic (exact) mass is 736 g/mol. The van der Waals surface area contributed by atoms with Crippen molar-refractivity contribution in [3.63, 3.8) is 0 Å². The summed E-state index contributed by atoms with van der Waals surface area (Å²) in [7, 11) is 0. The van der Waals surface area contributed by atoms with Crippen LogP contribution in [-0.4, -0.2) is 69.3 Å². The van der Waals surface area contributed by atoms with E-state index in [1.54, 1.807) is 0 Å². The molecule has 2 heterocycles. The van der Waals surface area contributed by atoms with E-state index in [4.69, 9.17) is 20.3 Å². The Hall–Kier alpha value is -2.30. The summed E-state index contributed by atoms with van der Waals surface area (Å²) in [6, 6.07) is -0.0813. The summed E-state index contributed by atoms with van der Waals surface area (Å²) in [5.41, 5.74) is 6.13. The molecule has 6 aliphatic rings. The van der Waals surface area contributed by atoms with Crippen molar-refractivity contribution < 1.29 is 24.2 Å². The highest BCUT2D eigenvalue weighted by Gasteiger charge is 2.73. The summed E-state index contributed by atoms with van der Waals surface area (Å²) >= 11 is 0. The minimum absolute atomic E-state index is 0.176. The molecule has 5 fully saturated rings. The van der Waals surface area contributed by atoms with Gasteiger partial charge in [0.1, 0.15) is 6.33 Å². The fourth-order valence-corrected chi connectivity index (χ4v) is 13.0. The topological polar surface area (TPSA) is 142 Å². The third kappa shape index (κ3) is 5.63. The maximum atomic E-state index is 13.8. The van der Waals surface area contributed by atoms with Crippen molar-refractivity contribution in [1.82, 2.24) is 20.1 Å². The van der Waals surface area contributed by atoms with Crippen molar-refractivity contribution in [3.8, 4) is 0 Å². The van der Waals surface area contributed by atoms with Gasteiger partial charge in [0.2, 0.25) is 5.82 Å². The average molecular weight is 736 g/mol. The van der Waals surface area contributed by atoms with Gasteiger partial charge in [-0.2, -0.15) is 5.10 Å². The van der Waals surface area contributed by atoms with Gasteiger partial charge in [-0.05, 0) is 116 Å². The van der Waals surface area contributed by atoms with E-state index in [0.29, 0.717) is 43.9 Å². The number of hydrogen-bond donors (Lipinski definition) is 3. The van der Waals surface area contributed by atoms with Gasteiger partial charge in [0.15, 0.2) is 0 Å². The van der Waals surface area contributed by atoms with E-state index >= 15 is 0 Å². The van der Waals surface area contributed by atoms with Crippen LogP contribution in [0, 0.1) is 62.6 Å². The number of fused-ring (bicyclic) bond motifs is 3. The van der Waals surface area contributed by atoms with Gasteiger partial charge >= 0.3 is 5.97 Å². The number of carbonyl (C=O) groups is 2. The first-order chi connectivity index (χ1) is 24.8. The van der Waals surface area contributed by atoms with Crippen LogP contribution >= 0.6 is 0 Å². The summed E-state index contributed by atoms with van der Waals surface area (Å²) in [5, 5.41) is 19.2. The number of nitrogens with one attached hydrogen (secondary N) is 1. The number of nitrogens with zero attached hydrogens (tertiary/aromatic N) is 3. The molecule has 1 aliphatic heterocycles. The summed E-state index contributed by atoms with van der Waals surface area (Å²) in [4.78, 5) is 32.0. The number of rotatable bonds is 10. The molecule has 1 saturated heterocycles. The third-order valence-electron chi connectivity index (χ3n) is 17.4. The van der Waals surface area contributed by atoms with Crippen molar-refractivity contribution in [1.29, 1.82) is 0 Å². The van der Waals surface area contributed by atoms with Gasteiger partial charge in [-0.25, -0.2) is 9.67 Å². The molecule has 0 spiro atoms. The maximum Gasteiger partial charge on any atom is 0.307 e. The molecule has 0 radical (unpaired) electrons. The van der Waals surface area contributed by atoms with Gasteiger partial charge in [-0.1, -0.05) is 74.0 Å². The quantitative estimate of drug-likeness (QED) is 0.211. The first kappa shape index (κ1) is 39.0. The number of carbonyl (C=O) groups excluding carboxylic acids is 1. The first-order valence-corrected chi connectivity index (χ1v) is 20.9. The lowest BCUT2D eigenvalue weighted by Crippen LogP contribution is -2.70. The molecule has 1 aromatic rings. The van der Waals surface area contributed by atoms with Gasteiger partial charge in [-0.3, -0.25) is 9.59 Å². The Morgan fingerprint density at radius 1 is 1.08 bits per heavy atom. The van der Waals surface area contributed by atoms with Crippen LogP contribution in [0.5, 0.6) is 0 Å². The smallest absolute Gasteiger partial charge is 0.307 e. The van der Waals surface area contributed by atoms with Gasteiger partial charge in [0.05, 0.1) is 37.9 Å². The number of hydrogen-bond acceptors (Lipinski definition) is 7. The highest BCUT2D eigenvalue weighted by Crippen LogP contribution is 2.75. The Balaban J connectivity index is 1.37. The summed E-state index contributed by atoms with van der Waals surface area (Å²) < 4.78 is 15.9. The zero-order chi connectivity index (χ0) is 38.5. The molecule has 5 aliphatic carbocycles. The Bertz CT molecular complexity index is 1620. The molecule has 4 saturated carbocycles. The van der Waals surface area contributed by atoms with Crippen LogP contribution in [0.25, 0.3) is 0 Å². The highest BCUT2D eigenvalue weighted by molar-refractivity contribution is 5.90. The van der Waals surface area contributed by atoms with Gasteiger partial charge < -0.3 is 25.6 Å². The third-order valence-corrected chi connectivity index (χ3v) is 17.4. The Labute approximate surface area is 318 Å². The number of aliphatic carboxylic acids is 1. The van der Waals surface area contributed by atoms with Crippen molar-refractivity contribution in [3.05, 3.63) is 23.8 Å². The van der Waals surface area contributed by atoms with Crippen LogP contribution in [0.15, 0.2) is 18.0 Å². The molecule has 0 aromatic carbocycles. The van der Waals surface area contributed by atoms with E-state index in [2.05, 4.69) is 85.6 Å². The zero-order valence-corrected chi connectivity index (χ0v) is 34.3. The van der Waals surface area contributed by atoms with E-state index in [0.717, 1.165) is 51.4 Å². The van der Waals surface area contributed by atoms with Gasteiger partial charge in [-0.15, -0.1) is 0 Å². The molecule has 7 rings (SSSR count). The minimum atomic E-state index is -0.653. The molecule has 1 amide bonds. The standard InChI is InChI=1S/C43H69N5O5/c1-25(2)27(5)39(7)18-19-40(8)29-14-15-32-38(6)20-31(48-35(45-24-46-48)36(49)47-28-12-11-13-28)34(53-22-42(10,44)26(3)4)43(32,23-52-21-38)30(29)16-17-41(40,9)33(39)37(50)51/h16,24-29,31-34H,11-15,17-23,44H2,1-10H3,(H,47,49)(H,50,51)/t27-,29+,31-,32-,33-,34+,38-,39-,40-,41+,42+,43+/m1/s1. The number of allylic oxidation sites excluding steroid dienone is 1. The second-order valence-electron chi connectivity index (χ2n) is 20.7. The fourth-order valence-electron chi connectivity index (χ4n) is 13.0. The molecule has 12 atom stereocenters. The van der Waals surface area contributed by atoms with Crippen LogP contribution in [-0.2, 0) is 14.3 Å². The second kappa shape index (κ2) is 13.1. The van der Waals surface area contributed by atoms with Gasteiger partial charge in [0.25, 0.3) is 5.91 Å².